The number of amides is 2. The van der Waals surface area contributed by atoms with Gasteiger partial charge in [-0.2, -0.15) is 0 Å². The zero-order valence-electron chi connectivity index (χ0n) is 15.4. The SMILES string of the molecule is COCCN(CCC(=O)NCc1ccccn1)C(=O)c1cc(C)oc1C. The standard InChI is InChI=1S/C19H25N3O4/c1-14-12-17(15(2)26-14)19(24)22(10-11-25-3)9-7-18(23)21-13-16-6-4-5-8-20-16/h4-6,8,12H,7,9-11,13H2,1-3H3,(H,21,23). The van der Waals surface area contributed by atoms with Crippen LogP contribution in [0.3, 0.4) is 0 Å². The molecule has 0 radical (unpaired) electrons. The lowest BCUT2D eigenvalue weighted by atomic mass is 10.2. The highest BCUT2D eigenvalue weighted by Crippen LogP contribution is 2.16. The quantitative estimate of drug-likeness (QED) is 0.741. The molecule has 0 aliphatic heterocycles. The van der Waals surface area contributed by atoms with E-state index >= 15 is 0 Å². The fourth-order valence-electron chi connectivity index (χ4n) is 2.55. The fourth-order valence-corrected chi connectivity index (χ4v) is 2.55. The van der Waals surface area contributed by atoms with E-state index in [4.69, 9.17) is 9.15 Å². The Hall–Kier alpha value is -2.67. The molecule has 0 aliphatic rings. The van der Waals surface area contributed by atoms with E-state index in [1.807, 2.05) is 18.2 Å². The molecule has 0 aliphatic carbocycles. The van der Waals surface area contributed by atoms with Crippen LogP contribution in [0.15, 0.2) is 34.9 Å². The molecule has 7 heteroatoms. The number of hydrogen-bond donors (Lipinski definition) is 1. The number of furan rings is 1. The van der Waals surface area contributed by atoms with Gasteiger partial charge >= 0.3 is 0 Å². The van der Waals surface area contributed by atoms with E-state index < -0.39 is 0 Å². The number of nitrogens with one attached hydrogen (secondary N) is 1. The van der Waals surface area contributed by atoms with Crippen molar-refractivity contribution in [2.24, 2.45) is 0 Å². The Morgan fingerprint density at radius 2 is 2.08 bits per heavy atom. The van der Waals surface area contributed by atoms with Gasteiger partial charge < -0.3 is 19.4 Å². The van der Waals surface area contributed by atoms with Crippen molar-refractivity contribution in [1.29, 1.82) is 0 Å². The van der Waals surface area contributed by atoms with Crippen LogP contribution in [0.5, 0.6) is 0 Å². The Labute approximate surface area is 153 Å². The molecule has 1 N–H and O–H groups in total. The highest BCUT2D eigenvalue weighted by atomic mass is 16.5. The van der Waals surface area contributed by atoms with Gasteiger partial charge in [0.1, 0.15) is 11.5 Å². The predicted molar refractivity (Wildman–Crippen MR) is 96.7 cm³/mol. The van der Waals surface area contributed by atoms with Gasteiger partial charge in [-0.25, -0.2) is 0 Å². The smallest absolute Gasteiger partial charge is 0.257 e. The fraction of sp³-hybridized carbons (Fsp3) is 0.421. The zero-order chi connectivity index (χ0) is 18.9. The molecule has 0 fully saturated rings. The van der Waals surface area contributed by atoms with Crippen molar-refractivity contribution in [3.63, 3.8) is 0 Å². The molecule has 2 rings (SSSR count). The summed E-state index contributed by atoms with van der Waals surface area (Å²) in [6.07, 6.45) is 1.89. The highest BCUT2D eigenvalue weighted by Gasteiger charge is 2.21. The van der Waals surface area contributed by atoms with Crippen molar-refractivity contribution in [2.75, 3.05) is 26.8 Å². The molecule has 0 spiro atoms. The Kier molecular flexibility index (Phi) is 7.35. The number of nitrogens with zero attached hydrogens (tertiary/aromatic N) is 2. The molecular formula is C19H25N3O4. The number of carbonyl (C=O) groups is 2. The van der Waals surface area contributed by atoms with Crippen LogP contribution in [0.2, 0.25) is 0 Å². The van der Waals surface area contributed by atoms with Crippen molar-refractivity contribution in [1.82, 2.24) is 15.2 Å². The maximum absolute atomic E-state index is 12.7. The van der Waals surface area contributed by atoms with Gasteiger partial charge in [0.2, 0.25) is 5.91 Å². The Balaban J connectivity index is 1.91. The lowest BCUT2D eigenvalue weighted by Crippen LogP contribution is -2.37. The van der Waals surface area contributed by atoms with E-state index in [1.165, 1.54) is 0 Å². The first kappa shape index (κ1) is 19.7. The first-order valence-corrected chi connectivity index (χ1v) is 8.53. The predicted octanol–water partition coefficient (Wildman–Crippen LogP) is 2.09. The topological polar surface area (TPSA) is 84.7 Å². The first-order chi connectivity index (χ1) is 12.5. The van der Waals surface area contributed by atoms with Crippen LogP contribution >= 0.6 is 0 Å². The molecule has 0 aromatic carbocycles. The summed E-state index contributed by atoms with van der Waals surface area (Å²) in [5.41, 5.74) is 1.31. The summed E-state index contributed by atoms with van der Waals surface area (Å²) >= 11 is 0. The molecule has 0 saturated carbocycles. The van der Waals surface area contributed by atoms with Gasteiger partial charge in [0, 0.05) is 32.8 Å². The molecule has 0 atom stereocenters. The molecule has 2 aromatic rings. The lowest BCUT2D eigenvalue weighted by molar-refractivity contribution is -0.121. The highest BCUT2D eigenvalue weighted by molar-refractivity contribution is 5.95. The van der Waals surface area contributed by atoms with E-state index in [-0.39, 0.29) is 18.2 Å². The number of aryl methyl sites for hydroxylation is 2. The summed E-state index contributed by atoms with van der Waals surface area (Å²) in [6, 6.07) is 7.26. The number of ether oxygens (including phenoxy) is 1. The van der Waals surface area contributed by atoms with Gasteiger partial charge in [0.15, 0.2) is 0 Å². The molecule has 0 unspecified atom stereocenters. The van der Waals surface area contributed by atoms with Crippen LogP contribution in [-0.2, 0) is 16.1 Å². The zero-order valence-corrected chi connectivity index (χ0v) is 15.4. The van der Waals surface area contributed by atoms with Crippen LogP contribution in [0.25, 0.3) is 0 Å². The maximum atomic E-state index is 12.7. The van der Waals surface area contributed by atoms with Crippen LogP contribution in [-0.4, -0.2) is 48.5 Å². The Bertz CT molecular complexity index is 728. The second kappa shape index (κ2) is 9.72. The van der Waals surface area contributed by atoms with E-state index in [1.54, 1.807) is 38.1 Å². The van der Waals surface area contributed by atoms with Gasteiger partial charge in [0.25, 0.3) is 5.91 Å². The van der Waals surface area contributed by atoms with E-state index in [9.17, 15) is 9.59 Å². The van der Waals surface area contributed by atoms with Crippen LogP contribution in [0, 0.1) is 13.8 Å². The molecule has 140 valence electrons. The number of carbonyl (C=O) groups excluding carboxylic acids is 2. The third-order valence-corrected chi connectivity index (χ3v) is 3.93. The van der Waals surface area contributed by atoms with Gasteiger partial charge in [-0.15, -0.1) is 0 Å². The number of aromatic nitrogens is 1. The Morgan fingerprint density at radius 3 is 2.69 bits per heavy atom. The minimum atomic E-state index is -0.158. The number of methoxy groups -OCH3 is 1. The van der Waals surface area contributed by atoms with Gasteiger partial charge in [-0.1, -0.05) is 6.07 Å². The third kappa shape index (κ3) is 5.70. The average molecular weight is 359 g/mol. The van der Waals surface area contributed by atoms with Crippen LogP contribution in [0.4, 0.5) is 0 Å². The monoisotopic (exact) mass is 359 g/mol. The number of pyridine rings is 1. The van der Waals surface area contributed by atoms with E-state index in [2.05, 4.69) is 10.3 Å². The van der Waals surface area contributed by atoms with Crippen molar-refractivity contribution in [3.05, 3.63) is 53.2 Å². The van der Waals surface area contributed by atoms with Crippen molar-refractivity contribution in [3.8, 4) is 0 Å². The lowest BCUT2D eigenvalue weighted by Gasteiger charge is -2.22. The average Bonchev–Trinajstić information content (AvgIpc) is 2.98. The summed E-state index contributed by atoms with van der Waals surface area (Å²) < 4.78 is 10.5. The summed E-state index contributed by atoms with van der Waals surface area (Å²) in [4.78, 5) is 30.6. The minimum Gasteiger partial charge on any atom is -0.466 e. The summed E-state index contributed by atoms with van der Waals surface area (Å²) in [5, 5.41) is 2.82. The molecule has 0 bridgehead atoms. The van der Waals surface area contributed by atoms with Crippen LogP contribution < -0.4 is 5.32 Å². The van der Waals surface area contributed by atoms with Crippen molar-refractivity contribution < 1.29 is 18.7 Å². The minimum absolute atomic E-state index is 0.133. The summed E-state index contributed by atoms with van der Waals surface area (Å²) in [6.45, 7) is 5.04. The molecule has 2 heterocycles. The second-order valence-electron chi connectivity index (χ2n) is 5.96. The van der Waals surface area contributed by atoms with Gasteiger partial charge in [0.05, 0.1) is 24.4 Å². The number of hydrogen-bond acceptors (Lipinski definition) is 5. The van der Waals surface area contributed by atoms with E-state index in [0.29, 0.717) is 43.3 Å². The number of rotatable bonds is 9. The van der Waals surface area contributed by atoms with E-state index in [0.717, 1.165) is 5.69 Å². The molecule has 26 heavy (non-hydrogen) atoms. The van der Waals surface area contributed by atoms with Crippen LogP contribution in [0.1, 0.15) is 34.0 Å². The third-order valence-electron chi connectivity index (χ3n) is 3.93. The van der Waals surface area contributed by atoms with Crippen molar-refractivity contribution >= 4 is 11.8 Å². The molecule has 2 amide bonds. The normalized spacial score (nSPS) is 10.6. The summed E-state index contributed by atoms with van der Waals surface area (Å²) in [5.74, 6) is 0.972. The summed E-state index contributed by atoms with van der Waals surface area (Å²) in [7, 11) is 1.58. The molecule has 0 saturated heterocycles. The largest absolute Gasteiger partial charge is 0.466 e. The Morgan fingerprint density at radius 1 is 1.27 bits per heavy atom. The van der Waals surface area contributed by atoms with Gasteiger partial charge in [-0.05, 0) is 32.0 Å². The maximum Gasteiger partial charge on any atom is 0.257 e. The molecule has 7 nitrogen and oxygen atoms in total. The molecule has 2 aromatic heterocycles. The van der Waals surface area contributed by atoms with Gasteiger partial charge in [-0.3, -0.25) is 14.6 Å². The second-order valence-corrected chi connectivity index (χ2v) is 5.96. The first-order valence-electron chi connectivity index (χ1n) is 8.53. The molecular weight excluding hydrogens is 334 g/mol. The van der Waals surface area contributed by atoms with Crippen molar-refractivity contribution in [2.45, 2.75) is 26.8 Å².